The summed E-state index contributed by atoms with van der Waals surface area (Å²) in [5.41, 5.74) is 4.44. The first kappa shape index (κ1) is 23.2. The predicted octanol–water partition coefficient (Wildman–Crippen LogP) is 3.30. The molecule has 2 aromatic carbocycles. The van der Waals surface area contributed by atoms with Crippen molar-refractivity contribution in [3.63, 3.8) is 0 Å². The summed E-state index contributed by atoms with van der Waals surface area (Å²) in [6.07, 6.45) is 6.34. The Bertz CT molecular complexity index is 951. The topological polar surface area (TPSA) is 108 Å². The Morgan fingerprint density at radius 3 is 2.28 bits per heavy atom. The number of hydrogen-bond acceptors (Lipinski definition) is 4. The molecule has 0 saturated heterocycles. The van der Waals surface area contributed by atoms with Gasteiger partial charge in [-0.15, -0.1) is 0 Å². The van der Waals surface area contributed by atoms with E-state index in [9.17, 15) is 14.4 Å². The van der Waals surface area contributed by atoms with Crippen molar-refractivity contribution >= 4 is 29.4 Å². The first-order chi connectivity index (χ1) is 15.6. The van der Waals surface area contributed by atoms with Gasteiger partial charge in [-0.05, 0) is 55.0 Å². The Hall–Kier alpha value is -3.45. The molecule has 0 radical (unpaired) electrons. The smallest absolute Gasteiger partial charge is 0.252 e. The summed E-state index contributed by atoms with van der Waals surface area (Å²) in [4.78, 5) is 36.0. The Balaban J connectivity index is 1.56. The minimum Gasteiger partial charge on any atom is -0.352 e. The highest BCUT2D eigenvalue weighted by atomic mass is 16.5. The lowest BCUT2D eigenvalue weighted by Crippen LogP contribution is -2.26. The Morgan fingerprint density at radius 1 is 0.906 bits per heavy atom. The predicted molar refractivity (Wildman–Crippen MR) is 123 cm³/mol. The SMILES string of the molecule is O=C(CCCCCNC(=O)c1ccc(/C=C(\C(=O)NC2CC2)c2ccccc2)cc1)NO. The molecule has 1 fully saturated rings. The van der Waals surface area contributed by atoms with Crippen LogP contribution in [0.5, 0.6) is 0 Å². The fourth-order valence-corrected chi connectivity index (χ4v) is 3.23. The van der Waals surface area contributed by atoms with Crippen LogP contribution in [0.25, 0.3) is 11.6 Å². The molecular weight excluding hydrogens is 406 g/mol. The number of hydrogen-bond donors (Lipinski definition) is 4. The van der Waals surface area contributed by atoms with E-state index in [0.717, 1.165) is 36.8 Å². The second-order valence-corrected chi connectivity index (χ2v) is 7.90. The van der Waals surface area contributed by atoms with E-state index in [-0.39, 0.29) is 24.3 Å². The molecule has 0 bridgehead atoms. The van der Waals surface area contributed by atoms with Gasteiger partial charge in [-0.1, -0.05) is 48.9 Å². The van der Waals surface area contributed by atoms with E-state index in [0.29, 0.717) is 24.1 Å². The number of amides is 3. The van der Waals surface area contributed by atoms with E-state index >= 15 is 0 Å². The summed E-state index contributed by atoms with van der Waals surface area (Å²) >= 11 is 0. The van der Waals surface area contributed by atoms with Gasteiger partial charge in [-0.25, -0.2) is 5.48 Å². The number of nitrogens with one attached hydrogen (secondary N) is 3. The molecular formula is C25H29N3O4. The molecule has 4 N–H and O–H groups in total. The van der Waals surface area contributed by atoms with Gasteiger partial charge in [0, 0.05) is 30.1 Å². The van der Waals surface area contributed by atoms with Crippen LogP contribution in [0, 0.1) is 0 Å². The van der Waals surface area contributed by atoms with E-state index in [1.807, 2.05) is 48.5 Å². The Morgan fingerprint density at radius 2 is 1.62 bits per heavy atom. The zero-order valence-corrected chi connectivity index (χ0v) is 18.0. The maximum absolute atomic E-state index is 12.7. The van der Waals surface area contributed by atoms with Crippen molar-refractivity contribution in [2.24, 2.45) is 0 Å². The minimum absolute atomic E-state index is 0.0861. The molecule has 3 rings (SSSR count). The summed E-state index contributed by atoms with van der Waals surface area (Å²) < 4.78 is 0. The van der Waals surface area contributed by atoms with Crippen molar-refractivity contribution in [3.05, 3.63) is 71.3 Å². The summed E-state index contributed by atoms with van der Waals surface area (Å²) in [6, 6.07) is 17.0. The summed E-state index contributed by atoms with van der Waals surface area (Å²) in [5, 5.41) is 14.4. The van der Waals surface area contributed by atoms with Crippen molar-refractivity contribution in [3.8, 4) is 0 Å². The zero-order chi connectivity index (χ0) is 22.8. The lowest BCUT2D eigenvalue weighted by atomic mass is 10.0. The number of hydroxylamine groups is 1. The molecule has 1 aliphatic carbocycles. The molecule has 2 aromatic rings. The van der Waals surface area contributed by atoms with Crippen molar-refractivity contribution in [1.82, 2.24) is 16.1 Å². The molecule has 7 nitrogen and oxygen atoms in total. The van der Waals surface area contributed by atoms with Crippen LogP contribution in [0.2, 0.25) is 0 Å². The van der Waals surface area contributed by atoms with Gasteiger partial charge in [0.25, 0.3) is 11.8 Å². The van der Waals surface area contributed by atoms with Gasteiger partial charge < -0.3 is 10.6 Å². The van der Waals surface area contributed by atoms with Gasteiger partial charge in [-0.2, -0.15) is 0 Å². The normalized spacial score (nSPS) is 13.3. The van der Waals surface area contributed by atoms with Crippen molar-refractivity contribution in [2.75, 3.05) is 6.54 Å². The maximum atomic E-state index is 12.7. The quantitative estimate of drug-likeness (QED) is 0.143. The number of benzene rings is 2. The maximum Gasteiger partial charge on any atom is 0.252 e. The minimum atomic E-state index is -0.399. The van der Waals surface area contributed by atoms with Gasteiger partial charge in [0.05, 0.1) is 0 Å². The highest BCUT2D eigenvalue weighted by Gasteiger charge is 2.25. The monoisotopic (exact) mass is 435 g/mol. The van der Waals surface area contributed by atoms with Crippen LogP contribution in [0.3, 0.4) is 0 Å². The van der Waals surface area contributed by atoms with Gasteiger partial charge in [0.1, 0.15) is 0 Å². The molecule has 3 amide bonds. The molecule has 0 heterocycles. The number of carbonyl (C=O) groups is 3. The summed E-state index contributed by atoms with van der Waals surface area (Å²) in [7, 11) is 0. The van der Waals surface area contributed by atoms with Crippen LogP contribution in [0.4, 0.5) is 0 Å². The molecule has 168 valence electrons. The van der Waals surface area contributed by atoms with E-state index < -0.39 is 5.91 Å². The van der Waals surface area contributed by atoms with Crippen LogP contribution in [-0.4, -0.2) is 35.5 Å². The first-order valence-corrected chi connectivity index (χ1v) is 11.0. The lowest BCUT2D eigenvalue weighted by Gasteiger charge is -2.09. The second kappa shape index (κ2) is 11.8. The molecule has 1 saturated carbocycles. The third-order valence-electron chi connectivity index (χ3n) is 5.22. The summed E-state index contributed by atoms with van der Waals surface area (Å²) in [5.74, 6) is -0.649. The Labute approximate surface area is 187 Å². The van der Waals surface area contributed by atoms with Crippen LogP contribution >= 0.6 is 0 Å². The number of unbranched alkanes of at least 4 members (excludes halogenated alkanes) is 2. The van der Waals surface area contributed by atoms with E-state index in [1.54, 1.807) is 17.6 Å². The molecule has 0 aromatic heterocycles. The standard InChI is InChI=1S/C25H29N3O4/c29-23(28-32)9-5-2-6-16-26-24(30)20-12-10-18(11-13-20)17-22(19-7-3-1-4-8-19)25(31)27-21-14-15-21/h1,3-4,7-8,10-13,17,21,32H,2,5-6,9,14-16H2,(H,26,30)(H,27,31)(H,28,29)/b22-17-. The van der Waals surface area contributed by atoms with E-state index in [2.05, 4.69) is 10.6 Å². The van der Waals surface area contributed by atoms with Gasteiger partial charge >= 0.3 is 0 Å². The molecule has 32 heavy (non-hydrogen) atoms. The van der Waals surface area contributed by atoms with Gasteiger partial charge in [-0.3, -0.25) is 19.6 Å². The average Bonchev–Trinajstić information content (AvgIpc) is 3.64. The van der Waals surface area contributed by atoms with Crippen molar-refractivity contribution in [1.29, 1.82) is 0 Å². The van der Waals surface area contributed by atoms with E-state index in [1.165, 1.54) is 0 Å². The van der Waals surface area contributed by atoms with E-state index in [4.69, 9.17) is 5.21 Å². The van der Waals surface area contributed by atoms with Crippen LogP contribution < -0.4 is 16.1 Å². The van der Waals surface area contributed by atoms with Crippen molar-refractivity contribution < 1.29 is 19.6 Å². The fraction of sp³-hybridized carbons (Fsp3) is 0.320. The Kier molecular flexibility index (Phi) is 8.57. The zero-order valence-electron chi connectivity index (χ0n) is 18.0. The first-order valence-electron chi connectivity index (χ1n) is 11.0. The molecule has 0 aliphatic heterocycles. The second-order valence-electron chi connectivity index (χ2n) is 7.90. The van der Waals surface area contributed by atoms with Crippen LogP contribution in [0.15, 0.2) is 54.6 Å². The number of rotatable bonds is 11. The lowest BCUT2D eigenvalue weighted by molar-refractivity contribution is -0.129. The van der Waals surface area contributed by atoms with Crippen molar-refractivity contribution in [2.45, 2.75) is 44.6 Å². The van der Waals surface area contributed by atoms with Gasteiger partial charge in [0.15, 0.2) is 0 Å². The third-order valence-corrected chi connectivity index (χ3v) is 5.22. The molecule has 0 spiro atoms. The largest absolute Gasteiger partial charge is 0.352 e. The number of carbonyl (C=O) groups excluding carboxylic acids is 3. The van der Waals surface area contributed by atoms with Crippen LogP contribution in [-0.2, 0) is 9.59 Å². The van der Waals surface area contributed by atoms with Gasteiger partial charge in [0.2, 0.25) is 5.91 Å². The third kappa shape index (κ3) is 7.35. The average molecular weight is 436 g/mol. The molecule has 0 atom stereocenters. The highest BCUT2D eigenvalue weighted by Crippen LogP contribution is 2.23. The summed E-state index contributed by atoms with van der Waals surface area (Å²) in [6.45, 7) is 0.515. The molecule has 1 aliphatic rings. The fourth-order valence-electron chi connectivity index (χ4n) is 3.23. The van der Waals surface area contributed by atoms with Crippen LogP contribution in [0.1, 0.15) is 60.0 Å². The molecule has 7 heteroatoms. The molecule has 0 unspecified atom stereocenters. The highest BCUT2D eigenvalue weighted by molar-refractivity contribution is 6.24.